The van der Waals surface area contributed by atoms with Crippen molar-refractivity contribution in [1.82, 2.24) is 4.90 Å². The molecule has 4 rings (SSSR count). The first kappa shape index (κ1) is 24.0. The highest BCUT2D eigenvalue weighted by molar-refractivity contribution is 7.18. The lowest BCUT2D eigenvalue weighted by molar-refractivity contribution is -0.668. The second kappa shape index (κ2) is 9.65. The molecule has 0 aliphatic carbocycles. The molecule has 178 valence electrons. The van der Waals surface area contributed by atoms with Crippen molar-refractivity contribution in [1.29, 1.82) is 0 Å². The van der Waals surface area contributed by atoms with Crippen LogP contribution in [0.25, 0.3) is 16.3 Å². The standard InChI is InChI=1S/C28H33N3O2S/c1-28(2)22-19-21(33-6)13-15-23(22)30(5)26(28)10-8-7-9-11-27-31(17-16-29(3)4)24-14-12-20(32)18-25(24)34-27/h7-15,18-19H,16-17H2,1-6H3/p+1. The van der Waals surface area contributed by atoms with Gasteiger partial charge in [-0.3, -0.25) is 0 Å². The molecule has 34 heavy (non-hydrogen) atoms. The van der Waals surface area contributed by atoms with E-state index in [0.29, 0.717) is 5.75 Å². The van der Waals surface area contributed by atoms with Crippen LogP contribution in [0.5, 0.6) is 11.5 Å². The Morgan fingerprint density at radius 2 is 1.91 bits per heavy atom. The van der Waals surface area contributed by atoms with E-state index < -0.39 is 0 Å². The van der Waals surface area contributed by atoms with Crippen LogP contribution in [-0.4, -0.2) is 44.8 Å². The lowest BCUT2D eigenvalue weighted by atomic mass is 9.83. The van der Waals surface area contributed by atoms with Crippen LogP contribution in [0.1, 0.15) is 24.4 Å². The molecular weight excluding hydrogens is 442 g/mol. The van der Waals surface area contributed by atoms with Gasteiger partial charge in [0.05, 0.1) is 13.7 Å². The molecule has 0 radical (unpaired) electrons. The first-order valence-electron chi connectivity index (χ1n) is 11.5. The quantitative estimate of drug-likeness (QED) is 0.369. The summed E-state index contributed by atoms with van der Waals surface area (Å²) in [5.74, 6) is 1.19. The number of fused-ring (bicyclic) bond motifs is 2. The van der Waals surface area contributed by atoms with Gasteiger partial charge in [0.15, 0.2) is 6.54 Å². The van der Waals surface area contributed by atoms with Gasteiger partial charge >= 0.3 is 0 Å². The third-order valence-electron chi connectivity index (χ3n) is 6.44. The Kier molecular flexibility index (Phi) is 6.82. The smallest absolute Gasteiger partial charge is 0.262 e. The van der Waals surface area contributed by atoms with Gasteiger partial charge in [-0.2, -0.15) is 4.57 Å². The monoisotopic (exact) mass is 476 g/mol. The number of rotatable bonds is 7. The number of anilines is 1. The van der Waals surface area contributed by atoms with Gasteiger partial charge in [0.2, 0.25) is 5.52 Å². The highest BCUT2D eigenvalue weighted by Gasteiger charge is 2.38. The summed E-state index contributed by atoms with van der Waals surface area (Å²) in [4.78, 5) is 4.44. The molecule has 3 aromatic rings. The molecule has 0 unspecified atom stereocenters. The van der Waals surface area contributed by atoms with Crippen LogP contribution in [0.2, 0.25) is 0 Å². The van der Waals surface area contributed by atoms with Crippen LogP contribution in [-0.2, 0) is 12.0 Å². The molecule has 0 fully saturated rings. The van der Waals surface area contributed by atoms with E-state index in [2.05, 4.69) is 91.9 Å². The number of likely N-dealkylation sites (N-methyl/N-ethyl adjacent to an activating group) is 2. The average Bonchev–Trinajstić information content (AvgIpc) is 3.23. The van der Waals surface area contributed by atoms with E-state index in [1.54, 1.807) is 24.5 Å². The maximum absolute atomic E-state index is 9.90. The van der Waals surface area contributed by atoms with Crippen LogP contribution in [0.3, 0.4) is 0 Å². The summed E-state index contributed by atoms with van der Waals surface area (Å²) < 4.78 is 8.86. The minimum absolute atomic E-state index is 0.102. The van der Waals surface area contributed by atoms with Gasteiger partial charge < -0.3 is 19.6 Å². The molecule has 1 aliphatic rings. The summed E-state index contributed by atoms with van der Waals surface area (Å²) in [7, 11) is 8.00. The lowest BCUT2D eigenvalue weighted by Crippen LogP contribution is -2.39. The largest absolute Gasteiger partial charge is 0.508 e. The van der Waals surface area contributed by atoms with Crippen LogP contribution in [0, 0.1) is 0 Å². The van der Waals surface area contributed by atoms with Crippen LogP contribution < -0.4 is 14.2 Å². The molecule has 0 spiro atoms. The summed E-state index contributed by atoms with van der Waals surface area (Å²) in [6.45, 7) is 6.36. The second-order valence-electron chi connectivity index (χ2n) is 9.41. The zero-order valence-electron chi connectivity index (χ0n) is 20.9. The van der Waals surface area contributed by atoms with Gasteiger partial charge in [-0.1, -0.05) is 43.4 Å². The molecule has 5 nitrogen and oxygen atoms in total. The summed E-state index contributed by atoms with van der Waals surface area (Å²) in [6, 6.07) is 11.9. The average molecular weight is 477 g/mol. The summed E-state index contributed by atoms with van der Waals surface area (Å²) in [5.41, 5.74) is 4.79. The number of allylic oxidation sites excluding steroid dienone is 5. The maximum Gasteiger partial charge on any atom is 0.262 e. The normalized spacial score (nSPS) is 16.6. The fourth-order valence-corrected chi connectivity index (χ4v) is 5.67. The molecule has 0 saturated carbocycles. The summed E-state index contributed by atoms with van der Waals surface area (Å²) in [5, 5.41) is 11.1. The Morgan fingerprint density at radius 1 is 1.12 bits per heavy atom. The Hall–Kier alpha value is -3.09. The van der Waals surface area contributed by atoms with E-state index in [1.165, 1.54) is 16.9 Å². The van der Waals surface area contributed by atoms with Gasteiger partial charge in [-0.25, -0.2) is 0 Å². The van der Waals surface area contributed by atoms with Crippen LogP contribution in [0.15, 0.2) is 66.4 Å². The Bertz CT molecular complexity index is 1280. The number of aromatic hydroxyl groups is 1. The van der Waals surface area contributed by atoms with E-state index in [0.717, 1.165) is 34.1 Å². The van der Waals surface area contributed by atoms with E-state index in [4.69, 9.17) is 4.74 Å². The van der Waals surface area contributed by atoms with Crippen molar-refractivity contribution in [2.75, 3.05) is 39.7 Å². The predicted molar refractivity (Wildman–Crippen MR) is 143 cm³/mol. The molecule has 2 aromatic carbocycles. The van der Waals surface area contributed by atoms with Gasteiger partial charge in [-0.05, 0) is 50.0 Å². The van der Waals surface area contributed by atoms with Gasteiger partial charge in [0.25, 0.3) is 5.01 Å². The van der Waals surface area contributed by atoms with Gasteiger partial charge in [0, 0.05) is 42.1 Å². The van der Waals surface area contributed by atoms with Crippen molar-refractivity contribution < 1.29 is 14.4 Å². The molecule has 2 heterocycles. The van der Waals surface area contributed by atoms with Gasteiger partial charge in [-0.15, -0.1) is 0 Å². The van der Waals surface area contributed by atoms with E-state index in [9.17, 15) is 5.11 Å². The van der Waals surface area contributed by atoms with Crippen molar-refractivity contribution >= 4 is 33.3 Å². The number of hydrogen-bond donors (Lipinski definition) is 1. The van der Waals surface area contributed by atoms with Crippen molar-refractivity contribution in [3.05, 3.63) is 77.0 Å². The van der Waals surface area contributed by atoms with Gasteiger partial charge in [0.1, 0.15) is 16.2 Å². The third-order valence-corrected chi connectivity index (χ3v) is 7.55. The molecule has 0 atom stereocenters. The van der Waals surface area contributed by atoms with E-state index >= 15 is 0 Å². The third kappa shape index (κ3) is 4.61. The van der Waals surface area contributed by atoms with Crippen molar-refractivity contribution in [2.24, 2.45) is 0 Å². The Balaban J connectivity index is 1.57. The fraction of sp³-hybridized carbons (Fsp3) is 0.321. The number of methoxy groups -OCH3 is 1. The van der Waals surface area contributed by atoms with Crippen molar-refractivity contribution in [2.45, 2.75) is 25.8 Å². The van der Waals surface area contributed by atoms with E-state index in [1.807, 2.05) is 18.2 Å². The SMILES string of the molecule is COc1ccc2c(c1)C(C)(C)\C(=C/C=C/C=C/c1sc3cc(O)ccc3[n+]1CCN(C)C)N2C. The number of hydrogen-bond acceptors (Lipinski definition) is 5. The number of phenols is 1. The Morgan fingerprint density at radius 3 is 2.65 bits per heavy atom. The lowest BCUT2D eigenvalue weighted by Gasteiger charge is -2.23. The molecule has 0 bridgehead atoms. The van der Waals surface area contributed by atoms with Crippen LogP contribution >= 0.6 is 11.3 Å². The Labute approximate surface area is 206 Å². The molecule has 0 saturated heterocycles. The molecule has 6 heteroatoms. The van der Waals surface area contributed by atoms with Crippen LogP contribution in [0.4, 0.5) is 5.69 Å². The molecule has 1 N–H and O–H groups in total. The number of phenolic OH excluding ortho intramolecular Hbond substituents is 1. The molecule has 1 aromatic heterocycles. The zero-order chi connectivity index (χ0) is 24.5. The number of thiazole rings is 1. The highest BCUT2D eigenvalue weighted by atomic mass is 32.1. The van der Waals surface area contributed by atoms with Crippen molar-refractivity contribution in [3.63, 3.8) is 0 Å². The number of ether oxygens (including phenoxy) is 1. The minimum Gasteiger partial charge on any atom is -0.508 e. The summed E-state index contributed by atoms with van der Waals surface area (Å²) in [6.07, 6.45) is 10.6. The number of nitrogens with zero attached hydrogens (tertiary/aromatic N) is 3. The maximum atomic E-state index is 9.90. The number of aromatic nitrogens is 1. The highest BCUT2D eigenvalue weighted by Crippen LogP contribution is 2.48. The zero-order valence-corrected chi connectivity index (χ0v) is 21.7. The second-order valence-corrected chi connectivity index (χ2v) is 10.5. The first-order valence-corrected chi connectivity index (χ1v) is 12.3. The van der Waals surface area contributed by atoms with E-state index in [-0.39, 0.29) is 5.41 Å². The topological polar surface area (TPSA) is 39.8 Å². The molecule has 0 amide bonds. The minimum atomic E-state index is -0.102. The summed E-state index contributed by atoms with van der Waals surface area (Å²) >= 11 is 1.70. The molecule has 1 aliphatic heterocycles. The molecular formula is C28H34N3O2S+. The first-order chi connectivity index (χ1) is 16.2. The number of benzene rings is 2. The predicted octanol–water partition coefficient (Wildman–Crippen LogP) is 5.35. The van der Waals surface area contributed by atoms with Crippen molar-refractivity contribution in [3.8, 4) is 11.5 Å². The fourth-order valence-electron chi connectivity index (χ4n) is 4.54.